The number of hydrogen-bond donors (Lipinski definition) is 1. The number of rotatable bonds is 2. The lowest BCUT2D eigenvalue weighted by Gasteiger charge is -2.19. The zero-order chi connectivity index (χ0) is 8.48. The molecule has 1 fully saturated rings. The Morgan fingerprint density at radius 3 is 2.55 bits per heavy atom. The van der Waals surface area contributed by atoms with Crippen molar-refractivity contribution in [1.82, 2.24) is 9.03 Å². The molecule has 0 aromatic carbocycles. The van der Waals surface area contributed by atoms with Crippen molar-refractivity contribution in [2.45, 2.75) is 25.8 Å². The van der Waals surface area contributed by atoms with E-state index in [9.17, 15) is 8.42 Å². The lowest BCUT2D eigenvalue weighted by atomic mass is 10.3. The first-order valence-corrected chi connectivity index (χ1v) is 5.22. The summed E-state index contributed by atoms with van der Waals surface area (Å²) in [6.45, 7) is 2.59. The fourth-order valence-corrected chi connectivity index (χ4v) is 2.56. The molecule has 1 heterocycles. The molecular formula is C6H14N2O2S. The Hall–Kier alpha value is -0.130. The van der Waals surface area contributed by atoms with E-state index >= 15 is 0 Å². The standard InChI is InChI=1S/C6H14N2O2S/c1-6-4-3-5-8(6)11(9,10)7-2/h6-7H,3-5H2,1-2H3. The summed E-state index contributed by atoms with van der Waals surface area (Å²) in [6, 6.07) is 0.160. The predicted octanol–water partition coefficient (Wildman–Crippen LogP) is -0.0651. The van der Waals surface area contributed by atoms with Crippen LogP contribution in [0.3, 0.4) is 0 Å². The summed E-state index contributed by atoms with van der Waals surface area (Å²) >= 11 is 0. The largest absolute Gasteiger partial charge is 0.279 e. The average molecular weight is 178 g/mol. The quantitative estimate of drug-likeness (QED) is 0.643. The van der Waals surface area contributed by atoms with Crippen LogP contribution in [-0.2, 0) is 10.2 Å². The second-order valence-corrected chi connectivity index (χ2v) is 4.64. The van der Waals surface area contributed by atoms with Crippen LogP contribution in [0, 0.1) is 0 Å². The minimum Gasteiger partial charge on any atom is -0.205 e. The van der Waals surface area contributed by atoms with E-state index in [1.165, 1.54) is 11.4 Å². The van der Waals surface area contributed by atoms with Crippen molar-refractivity contribution in [3.05, 3.63) is 0 Å². The van der Waals surface area contributed by atoms with Crippen LogP contribution < -0.4 is 4.72 Å². The van der Waals surface area contributed by atoms with Gasteiger partial charge in [-0.3, -0.25) is 0 Å². The van der Waals surface area contributed by atoms with Crippen molar-refractivity contribution in [1.29, 1.82) is 0 Å². The fraction of sp³-hybridized carbons (Fsp3) is 1.00. The molecule has 0 saturated carbocycles. The van der Waals surface area contributed by atoms with Crippen molar-refractivity contribution in [2.24, 2.45) is 0 Å². The fourth-order valence-electron chi connectivity index (χ4n) is 1.38. The van der Waals surface area contributed by atoms with Gasteiger partial charge in [-0.1, -0.05) is 0 Å². The third-order valence-electron chi connectivity index (χ3n) is 2.06. The Morgan fingerprint density at radius 1 is 1.55 bits per heavy atom. The van der Waals surface area contributed by atoms with Crippen LogP contribution in [0.4, 0.5) is 0 Å². The van der Waals surface area contributed by atoms with Crippen molar-refractivity contribution in [3.8, 4) is 0 Å². The molecule has 11 heavy (non-hydrogen) atoms. The van der Waals surface area contributed by atoms with E-state index in [2.05, 4.69) is 4.72 Å². The Bertz CT molecular complexity index is 225. The number of nitrogens with one attached hydrogen (secondary N) is 1. The summed E-state index contributed by atoms with van der Waals surface area (Å²) in [5, 5.41) is 0. The molecule has 66 valence electrons. The summed E-state index contributed by atoms with van der Waals surface area (Å²) in [4.78, 5) is 0. The number of hydrogen-bond acceptors (Lipinski definition) is 2. The van der Waals surface area contributed by atoms with Gasteiger partial charge in [0.25, 0.3) is 10.2 Å². The zero-order valence-corrected chi connectivity index (χ0v) is 7.69. The molecule has 0 amide bonds. The summed E-state index contributed by atoms with van der Waals surface area (Å²) in [5.41, 5.74) is 0. The van der Waals surface area contributed by atoms with Gasteiger partial charge in [0, 0.05) is 19.6 Å². The van der Waals surface area contributed by atoms with E-state index in [1.807, 2.05) is 6.92 Å². The third-order valence-corrected chi connectivity index (χ3v) is 3.73. The Balaban J connectivity index is 2.75. The van der Waals surface area contributed by atoms with Crippen LogP contribution in [0.1, 0.15) is 19.8 Å². The molecule has 5 heteroatoms. The SMILES string of the molecule is CNS(=O)(=O)N1CCCC1C. The van der Waals surface area contributed by atoms with Gasteiger partial charge in [0.05, 0.1) is 0 Å². The van der Waals surface area contributed by atoms with E-state index in [0.717, 1.165) is 12.8 Å². The van der Waals surface area contributed by atoms with Crippen molar-refractivity contribution < 1.29 is 8.42 Å². The van der Waals surface area contributed by atoms with Gasteiger partial charge in [0.1, 0.15) is 0 Å². The average Bonchev–Trinajstić information content (AvgIpc) is 2.36. The van der Waals surface area contributed by atoms with Crippen LogP contribution in [0.2, 0.25) is 0 Å². The maximum atomic E-state index is 11.2. The minimum atomic E-state index is -3.16. The smallest absolute Gasteiger partial charge is 0.205 e. The van der Waals surface area contributed by atoms with Gasteiger partial charge in [0.2, 0.25) is 0 Å². The van der Waals surface area contributed by atoms with Gasteiger partial charge < -0.3 is 0 Å². The highest BCUT2D eigenvalue weighted by molar-refractivity contribution is 7.87. The molecule has 1 unspecified atom stereocenters. The second-order valence-electron chi connectivity index (χ2n) is 2.81. The summed E-state index contributed by atoms with van der Waals surface area (Å²) < 4.78 is 26.3. The van der Waals surface area contributed by atoms with E-state index < -0.39 is 10.2 Å². The summed E-state index contributed by atoms with van der Waals surface area (Å²) in [7, 11) is -1.72. The first kappa shape index (κ1) is 8.96. The zero-order valence-electron chi connectivity index (χ0n) is 6.87. The van der Waals surface area contributed by atoms with E-state index in [-0.39, 0.29) is 6.04 Å². The highest BCUT2D eigenvalue weighted by atomic mass is 32.2. The molecule has 0 aromatic rings. The molecule has 4 nitrogen and oxygen atoms in total. The highest BCUT2D eigenvalue weighted by Gasteiger charge is 2.29. The van der Waals surface area contributed by atoms with Crippen molar-refractivity contribution in [3.63, 3.8) is 0 Å². The first-order chi connectivity index (χ1) is 5.08. The van der Waals surface area contributed by atoms with Gasteiger partial charge in [-0.2, -0.15) is 12.7 Å². The molecule has 1 rings (SSSR count). The second kappa shape index (κ2) is 3.08. The molecule has 0 radical (unpaired) electrons. The lowest BCUT2D eigenvalue weighted by Crippen LogP contribution is -2.40. The van der Waals surface area contributed by atoms with Crippen molar-refractivity contribution in [2.75, 3.05) is 13.6 Å². The van der Waals surface area contributed by atoms with Crippen molar-refractivity contribution >= 4 is 10.2 Å². The normalized spacial score (nSPS) is 27.6. The highest BCUT2D eigenvalue weighted by Crippen LogP contribution is 2.18. The molecule has 0 aliphatic carbocycles. The molecule has 1 N–H and O–H groups in total. The molecule has 1 aliphatic heterocycles. The topological polar surface area (TPSA) is 49.4 Å². The van der Waals surface area contributed by atoms with E-state index in [1.54, 1.807) is 0 Å². The van der Waals surface area contributed by atoms with E-state index in [0.29, 0.717) is 6.54 Å². The van der Waals surface area contributed by atoms with Crippen LogP contribution in [0.5, 0.6) is 0 Å². The van der Waals surface area contributed by atoms with E-state index in [4.69, 9.17) is 0 Å². The van der Waals surface area contributed by atoms with Gasteiger partial charge in [-0.05, 0) is 19.8 Å². The van der Waals surface area contributed by atoms with Gasteiger partial charge in [-0.15, -0.1) is 0 Å². The molecule has 1 atom stereocenters. The molecule has 1 aliphatic rings. The van der Waals surface area contributed by atoms with Gasteiger partial charge in [-0.25, -0.2) is 4.72 Å². The number of nitrogens with zero attached hydrogens (tertiary/aromatic N) is 1. The Morgan fingerprint density at radius 2 is 2.18 bits per heavy atom. The van der Waals surface area contributed by atoms with Crippen LogP contribution >= 0.6 is 0 Å². The summed E-state index contributed by atoms with van der Waals surface area (Å²) in [5.74, 6) is 0. The molecule has 0 aromatic heterocycles. The summed E-state index contributed by atoms with van der Waals surface area (Å²) in [6.07, 6.45) is 1.95. The van der Waals surface area contributed by atoms with Gasteiger partial charge in [0.15, 0.2) is 0 Å². The minimum absolute atomic E-state index is 0.160. The molecule has 0 bridgehead atoms. The third kappa shape index (κ3) is 1.72. The maximum Gasteiger partial charge on any atom is 0.279 e. The molecule has 0 spiro atoms. The van der Waals surface area contributed by atoms with Gasteiger partial charge >= 0.3 is 0 Å². The van der Waals surface area contributed by atoms with Crippen LogP contribution in [0.15, 0.2) is 0 Å². The molecular weight excluding hydrogens is 164 g/mol. The Labute approximate surface area is 67.8 Å². The predicted molar refractivity (Wildman–Crippen MR) is 43.4 cm³/mol. The monoisotopic (exact) mass is 178 g/mol. The maximum absolute atomic E-state index is 11.2. The van der Waals surface area contributed by atoms with Crippen LogP contribution in [0.25, 0.3) is 0 Å². The van der Waals surface area contributed by atoms with Crippen LogP contribution in [-0.4, -0.2) is 32.4 Å². The Kier molecular flexibility index (Phi) is 2.51. The molecule has 1 saturated heterocycles. The first-order valence-electron chi connectivity index (χ1n) is 3.78. The lowest BCUT2D eigenvalue weighted by molar-refractivity contribution is 0.403.